The third-order valence-corrected chi connectivity index (χ3v) is 6.31. The molecule has 1 aromatic heterocycles. The minimum Gasteiger partial charge on any atom is -0.309 e. The van der Waals surface area contributed by atoms with Gasteiger partial charge in [0.25, 0.3) is 0 Å². The maximum Gasteiger partial charge on any atom is 0.0645 e. The summed E-state index contributed by atoms with van der Waals surface area (Å²) >= 11 is 0. The van der Waals surface area contributed by atoms with Gasteiger partial charge in [0.15, 0.2) is 0 Å². The Morgan fingerprint density at radius 1 is 0.474 bits per heavy atom. The first kappa shape index (κ1) is 8.31. The van der Waals surface area contributed by atoms with Gasteiger partial charge >= 0.3 is 0 Å². The van der Waals surface area contributed by atoms with E-state index in [-0.39, 0.29) is 22.3 Å². The molecule has 7 aromatic rings. The van der Waals surface area contributed by atoms with E-state index in [1.165, 1.54) is 0 Å². The second-order valence-corrected chi connectivity index (χ2v) is 8.31. The zero-order valence-electron chi connectivity index (χ0n) is 43.0. The quantitative estimate of drug-likeness (QED) is 0.224. The predicted octanol–water partition coefficient (Wildman–Crippen LogP) is 9.61. The van der Waals surface area contributed by atoms with Crippen LogP contribution in [0.15, 0.2) is 145 Å². The molecule has 1 nitrogen and oxygen atoms in total. The summed E-state index contributed by atoms with van der Waals surface area (Å²) in [4.78, 5) is 0. The van der Waals surface area contributed by atoms with Crippen LogP contribution in [0.5, 0.6) is 0 Å². The molecule has 0 radical (unpaired) electrons. The molecule has 0 N–H and O–H groups in total. The molecule has 0 aliphatic heterocycles. The number of para-hydroxylation sites is 2. The van der Waals surface area contributed by atoms with E-state index in [1.54, 1.807) is 0 Å². The largest absolute Gasteiger partial charge is 0.309 e. The lowest BCUT2D eigenvalue weighted by Gasteiger charge is -2.16. The van der Waals surface area contributed by atoms with E-state index in [0.717, 1.165) is 4.57 Å². The SMILES string of the molecule is [2H]c1c([2H])c([2H])c2c(c1[2H])-c1c([2H])c([2H])c([2H])c([2H])c1C2c1c([2H])c([2H])c([2H])c(-c2c([2H])c([2H])c(-n3c4c([2H])c([2H])c([2H])c([2H])c4c4c([2H])c([2H])c([2H])c([2H])c43)c([2H])c2[2H])c1[2H]. The van der Waals surface area contributed by atoms with Crippen LogP contribution in [0.4, 0.5) is 0 Å². The van der Waals surface area contributed by atoms with Crippen LogP contribution < -0.4 is 0 Å². The monoisotopic (exact) mass is 507 g/mol. The molecule has 1 heterocycles. The van der Waals surface area contributed by atoms with Gasteiger partial charge < -0.3 is 4.57 Å². The van der Waals surface area contributed by atoms with Crippen LogP contribution in [-0.4, -0.2) is 4.57 Å². The lowest BCUT2D eigenvalue weighted by Crippen LogP contribution is -1.99. The Labute approximate surface area is 256 Å². The number of benzene rings is 6. The normalized spacial score (nSPS) is 21.5. The fourth-order valence-electron chi connectivity index (χ4n) is 4.72. The van der Waals surface area contributed by atoms with E-state index in [2.05, 4.69) is 0 Å². The Morgan fingerprint density at radius 2 is 1.03 bits per heavy atom. The lowest BCUT2D eigenvalue weighted by molar-refractivity contribution is 1.02. The van der Waals surface area contributed by atoms with Crippen molar-refractivity contribution in [3.63, 3.8) is 0 Å². The molecule has 1 aliphatic carbocycles. The highest BCUT2D eigenvalue weighted by atomic mass is 15.0. The van der Waals surface area contributed by atoms with E-state index >= 15 is 0 Å². The summed E-state index contributed by atoms with van der Waals surface area (Å²) in [6, 6.07) is -19.9. The van der Waals surface area contributed by atoms with Crippen LogP contribution in [-0.2, 0) is 0 Å². The first-order valence-corrected chi connectivity index (χ1v) is 11.3. The number of rotatable bonds is 3. The highest BCUT2D eigenvalue weighted by Crippen LogP contribution is 2.48. The minimum absolute atomic E-state index is 0.361. The summed E-state index contributed by atoms with van der Waals surface area (Å²) in [5.41, 5.74) is -5.48. The lowest BCUT2D eigenvalue weighted by atomic mass is 9.88. The predicted molar refractivity (Wildman–Crippen MR) is 159 cm³/mol. The molecule has 1 heteroatoms. The van der Waals surface area contributed by atoms with Crippen molar-refractivity contribution in [3.05, 3.63) is 162 Å². The van der Waals surface area contributed by atoms with Gasteiger partial charge in [-0.3, -0.25) is 0 Å². The molecular formula is C37H25N. The molecule has 0 saturated carbocycles. The first-order valence-electron chi connectivity index (χ1n) is 23.3. The Balaban J connectivity index is 1.52. The third kappa shape index (κ3) is 3.12. The number of hydrogen-bond donors (Lipinski definition) is 0. The molecule has 0 saturated heterocycles. The Morgan fingerprint density at radius 3 is 1.66 bits per heavy atom. The summed E-state index contributed by atoms with van der Waals surface area (Å²) in [6.07, 6.45) is 0. The van der Waals surface area contributed by atoms with Crippen molar-refractivity contribution >= 4 is 21.8 Å². The zero-order chi connectivity index (χ0) is 45.9. The van der Waals surface area contributed by atoms with Gasteiger partial charge in [0.1, 0.15) is 0 Å². The number of nitrogens with zero attached hydrogens (tertiary/aromatic N) is 1. The molecule has 38 heavy (non-hydrogen) atoms. The van der Waals surface area contributed by atoms with Gasteiger partial charge in [-0.1, -0.05) is 121 Å². The Kier molecular flexibility index (Phi) is 1.82. The van der Waals surface area contributed by atoms with Crippen LogP contribution in [0.2, 0.25) is 0 Å². The summed E-state index contributed by atoms with van der Waals surface area (Å²) in [7, 11) is 0. The number of hydrogen-bond acceptors (Lipinski definition) is 0. The third-order valence-electron chi connectivity index (χ3n) is 6.31. The summed E-state index contributed by atoms with van der Waals surface area (Å²) in [6.45, 7) is 0. The highest BCUT2D eigenvalue weighted by molar-refractivity contribution is 6.09. The highest BCUT2D eigenvalue weighted by Gasteiger charge is 2.29. The van der Waals surface area contributed by atoms with Gasteiger partial charge in [-0.25, -0.2) is 0 Å². The van der Waals surface area contributed by atoms with Gasteiger partial charge in [0.05, 0.1) is 43.9 Å². The average molecular weight is 508 g/mol. The van der Waals surface area contributed by atoms with Crippen molar-refractivity contribution in [2.24, 2.45) is 0 Å². The molecule has 1 aliphatic rings. The van der Waals surface area contributed by atoms with Crippen molar-refractivity contribution in [2.45, 2.75) is 5.92 Å². The maximum atomic E-state index is 9.51. The smallest absolute Gasteiger partial charge is 0.0645 e. The topological polar surface area (TPSA) is 4.93 Å². The zero-order valence-corrected chi connectivity index (χ0v) is 19.0. The van der Waals surface area contributed by atoms with Crippen LogP contribution in [0.3, 0.4) is 0 Å². The van der Waals surface area contributed by atoms with Gasteiger partial charge in [0, 0.05) is 22.4 Å². The van der Waals surface area contributed by atoms with Crippen molar-refractivity contribution in [1.29, 1.82) is 0 Å². The molecule has 0 unspecified atom stereocenters. The van der Waals surface area contributed by atoms with Gasteiger partial charge in [-0.15, -0.1) is 0 Å². The average Bonchev–Trinajstić information content (AvgIpc) is 3.78. The fraction of sp³-hybridized carbons (Fsp3) is 0.0270. The Bertz CT molecular complexity index is 3120. The second kappa shape index (κ2) is 8.33. The van der Waals surface area contributed by atoms with Crippen LogP contribution in [0, 0.1) is 0 Å². The molecule has 0 bridgehead atoms. The van der Waals surface area contributed by atoms with E-state index in [4.69, 9.17) is 26.0 Å². The molecular weight excluding hydrogens is 458 g/mol. The van der Waals surface area contributed by atoms with Crippen molar-refractivity contribution in [2.75, 3.05) is 0 Å². The van der Waals surface area contributed by atoms with E-state index in [9.17, 15) is 6.85 Å². The van der Waals surface area contributed by atoms with Gasteiger partial charge in [0.2, 0.25) is 0 Å². The van der Waals surface area contributed by atoms with Gasteiger partial charge in [-0.2, -0.15) is 0 Å². The molecule has 178 valence electrons. The number of fused-ring (bicyclic) bond motifs is 6. The Hall–Kier alpha value is -4.88. The summed E-state index contributed by atoms with van der Waals surface area (Å²) in [5.74, 6) is -1.79. The second-order valence-electron chi connectivity index (χ2n) is 8.31. The van der Waals surface area contributed by atoms with Crippen LogP contribution in [0.25, 0.3) is 49.7 Å². The van der Waals surface area contributed by atoms with Gasteiger partial charge in [-0.05, 0) is 63.1 Å². The molecule has 0 amide bonds. The van der Waals surface area contributed by atoms with E-state index in [1.807, 2.05) is 0 Å². The van der Waals surface area contributed by atoms with Crippen LogP contribution in [0.1, 0.15) is 55.5 Å². The molecule has 0 fully saturated rings. The minimum atomic E-state index is -1.79. The maximum absolute atomic E-state index is 9.51. The van der Waals surface area contributed by atoms with Crippen LogP contribution >= 0.6 is 0 Å². The standard InChI is InChI=1S/C37H25N/c1-3-16-33-29(12-1)30-13-2-4-17-34(30)37(33)27-11-9-10-26(24-27)25-20-22-28(23-21-25)38-35-18-7-5-14-31(35)32-15-6-8-19-36(32)38/h1-24,37H/i1D,2D,3D,4D,5D,6D,7D,8D,9D,10D,11D,12D,13D,14D,15D,16D,17D,18D,19D,20D,21D,22D,23D,24D. The molecule has 6 aromatic carbocycles. The first-order chi connectivity index (χ1) is 28.9. The molecule has 0 atom stereocenters. The number of aromatic nitrogens is 1. The van der Waals surface area contributed by atoms with Crippen molar-refractivity contribution < 1.29 is 32.9 Å². The van der Waals surface area contributed by atoms with E-state index in [0.29, 0.717) is 0 Å². The fourth-order valence-corrected chi connectivity index (χ4v) is 4.72. The summed E-state index contributed by atoms with van der Waals surface area (Å²) in [5, 5.41) is -0.827. The van der Waals surface area contributed by atoms with E-state index < -0.39 is 195 Å². The molecule has 8 rings (SSSR count). The van der Waals surface area contributed by atoms with Crippen molar-refractivity contribution in [3.8, 4) is 27.9 Å². The summed E-state index contributed by atoms with van der Waals surface area (Å²) < 4.78 is 211. The molecule has 0 spiro atoms. The van der Waals surface area contributed by atoms with Crippen molar-refractivity contribution in [1.82, 2.24) is 4.57 Å².